The van der Waals surface area contributed by atoms with Crippen LogP contribution in [0.1, 0.15) is 17.3 Å². The van der Waals surface area contributed by atoms with Crippen molar-refractivity contribution < 1.29 is 18.0 Å². The van der Waals surface area contributed by atoms with Crippen LogP contribution in [0.25, 0.3) is 0 Å². The van der Waals surface area contributed by atoms with E-state index >= 15 is 0 Å². The molecule has 2 N–H and O–H groups in total. The molecule has 7 nitrogen and oxygen atoms in total. The molecule has 144 valence electrons. The van der Waals surface area contributed by atoms with Crippen molar-refractivity contribution in [3.05, 3.63) is 54.1 Å². The maximum absolute atomic E-state index is 12.3. The molecule has 0 aliphatic carbocycles. The summed E-state index contributed by atoms with van der Waals surface area (Å²) in [4.78, 5) is 26.3. The smallest absolute Gasteiger partial charge is 0.285 e. The minimum Gasteiger partial charge on any atom is -0.339 e. The fourth-order valence-electron chi connectivity index (χ4n) is 2.06. The molecule has 2 amide bonds. The zero-order valence-corrected chi connectivity index (χ0v) is 16.9. The molecule has 2 rings (SSSR count). The van der Waals surface area contributed by atoms with E-state index < -0.39 is 10.0 Å². The van der Waals surface area contributed by atoms with Gasteiger partial charge in [-0.1, -0.05) is 6.92 Å². The fourth-order valence-corrected chi connectivity index (χ4v) is 3.76. The van der Waals surface area contributed by atoms with Gasteiger partial charge in [0.15, 0.2) is 0 Å². The summed E-state index contributed by atoms with van der Waals surface area (Å²) in [6.07, 6.45) is 0. The number of sulfonamides is 1. The van der Waals surface area contributed by atoms with Crippen molar-refractivity contribution in [2.45, 2.75) is 16.7 Å². The van der Waals surface area contributed by atoms with Crippen molar-refractivity contribution >= 4 is 38.6 Å². The molecule has 0 heterocycles. The second kappa shape index (κ2) is 9.03. The van der Waals surface area contributed by atoms with Gasteiger partial charge in [0.05, 0.1) is 4.90 Å². The molecule has 0 saturated carbocycles. The quantitative estimate of drug-likeness (QED) is 0.718. The van der Waals surface area contributed by atoms with Crippen molar-refractivity contribution in [2.24, 2.45) is 0 Å². The van der Waals surface area contributed by atoms with Gasteiger partial charge in [0.1, 0.15) is 0 Å². The summed E-state index contributed by atoms with van der Waals surface area (Å²) in [6.45, 7) is 1.98. The first-order valence-electron chi connectivity index (χ1n) is 8.13. The van der Waals surface area contributed by atoms with Crippen molar-refractivity contribution in [2.75, 3.05) is 26.0 Å². The van der Waals surface area contributed by atoms with Crippen molar-refractivity contribution in [1.29, 1.82) is 0 Å². The van der Waals surface area contributed by atoms with E-state index in [9.17, 15) is 18.0 Å². The summed E-state index contributed by atoms with van der Waals surface area (Å²) in [7, 11) is -0.189. The molecule has 2 aromatic rings. The number of hydrogen-bond acceptors (Lipinski definition) is 5. The average Bonchev–Trinajstić information content (AvgIpc) is 2.63. The Labute approximate surface area is 163 Å². The summed E-state index contributed by atoms with van der Waals surface area (Å²) in [5, 5.41) is 2.65. The largest absolute Gasteiger partial charge is 0.339 e. The van der Waals surface area contributed by atoms with Gasteiger partial charge in [-0.2, -0.15) is 0 Å². The Balaban J connectivity index is 2.03. The zero-order chi connectivity index (χ0) is 20.0. The SMILES string of the molecule is CCNS(=O)(=O)c1ccc(C(=O)Nc2ccc(SC(=O)N(C)C)cc2)cc1. The number of nitrogens with zero attached hydrogens (tertiary/aromatic N) is 1. The van der Waals surface area contributed by atoms with Crippen LogP contribution in [0.4, 0.5) is 10.5 Å². The second-order valence-corrected chi connectivity index (χ2v) is 8.56. The number of carbonyl (C=O) groups excluding carboxylic acids is 2. The minimum absolute atomic E-state index is 0.0839. The first-order chi connectivity index (χ1) is 12.7. The maximum atomic E-state index is 12.3. The third kappa shape index (κ3) is 5.81. The van der Waals surface area contributed by atoms with Crippen LogP contribution in [-0.2, 0) is 10.0 Å². The van der Waals surface area contributed by atoms with Crippen LogP contribution in [0, 0.1) is 0 Å². The molecule has 0 unspecified atom stereocenters. The van der Waals surface area contributed by atoms with E-state index in [4.69, 9.17) is 0 Å². The number of benzene rings is 2. The van der Waals surface area contributed by atoms with Crippen LogP contribution in [0.2, 0.25) is 0 Å². The monoisotopic (exact) mass is 407 g/mol. The molecule has 9 heteroatoms. The van der Waals surface area contributed by atoms with E-state index in [-0.39, 0.29) is 16.0 Å². The molecule has 0 spiro atoms. The predicted molar refractivity (Wildman–Crippen MR) is 107 cm³/mol. The van der Waals surface area contributed by atoms with Gasteiger partial charge in [-0.05, 0) is 60.3 Å². The number of carbonyl (C=O) groups is 2. The van der Waals surface area contributed by atoms with Gasteiger partial charge >= 0.3 is 0 Å². The van der Waals surface area contributed by atoms with Gasteiger partial charge in [-0.25, -0.2) is 13.1 Å². The zero-order valence-electron chi connectivity index (χ0n) is 15.2. The first-order valence-corrected chi connectivity index (χ1v) is 10.4. The normalized spacial score (nSPS) is 11.1. The second-order valence-electron chi connectivity index (χ2n) is 5.77. The number of hydrogen-bond donors (Lipinski definition) is 2. The molecule has 0 aliphatic heterocycles. The molecule has 27 heavy (non-hydrogen) atoms. The van der Waals surface area contributed by atoms with Crippen LogP contribution in [0.15, 0.2) is 58.3 Å². The summed E-state index contributed by atoms with van der Waals surface area (Å²) >= 11 is 1.09. The third-order valence-electron chi connectivity index (χ3n) is 3.44. The minimum atomic E-state index is -3.55. The molecule has 0 saturated heterocycles. The van der Waals surface area contributed by atoms with Gasteiger partial charge in [0, 0.05) is 36.8 Å². The summed E-state index contributed by atoms with van der Waals surface area (Å²) in [5.74, 6) is -0.354. The van der Waals surface area contributed by atoms with Crippen LogP contribution in [0.5, 0.6) is 0 Å². The fraction of sp³-hybridized carbons (Fsp3) is 0.222. The predicted octanol–water partition coefficient (Wildman–Crippen LogP) is 3.01. The van der Waals surface area contributed by atoms with E-state index in [1.54, 1.807) is 45.3 Å². The van der Waals surface area contributed by atoms with Crippen molar-refractivity contribution in [3.63, 3.8) is 0 Å². The first kappa shape index (κ1) is 20.9. The Bertz CT molecular complexity index is 909. The third-order valence-corrected chi connectivity index (χ3v) is 6.05. The van der Waals surface area contributed by atoms with Gasteiger partial charge in [-0.15, -0.1) is 0 Å². The molecule has 2 aromatic carbocycles. The lowest BCUT2D eigenvalue weighted by Crippen LogP contribution is -2.23. The molecular formula is C18H21N3O4S2. The van der Waals surface area contributed by atoms with Crippen molar-refractivity contribution in [3.8, 4) is 0 Å². The molecule has 0 radical (unpaired) electrons. The van der Waals surface area contributed by atoms with Crippen LogP contribution in [0.3, 0.4) is 0 Å². The van der Waals surface area contributed by atoms with E-state index in [1.807, 2.05) is 0 Å². The van der Waals surface area contributed by atoms with Crippen LogP contribution in [-0.4, -0.2) is 45.1 Å². The van der Waals surface area contributed by atoms with Gasteiger partial charge in [-0.3, -0.25) is 9.59 Å². The summed E-state index contributed by atoms with van der Waals surface area (Å²) in [6, 6.07) is 12.6. The van der Waals surface area contributed by atoms with Crippen LogP contribution < -0.4 is 10.0 Å². The highest BCUT2D eigenvalue weighted by Gasteiger charge is 2.14. The Hall–Kier alpha value is -2.36. The van der Waals surface area contributed by atoms with Crippen LogP contribution >= 0.6 is 11.8 Å². The summed E-state index contributed by atoms with van der Waals surface area (Å²) < 4.78 is 26.2. The standard InChI is InChI=1S/C18H21N3O4S2/c1-4-19-27(24,25)16-11-5-13(6-12-16)17(22)20-14-7-9-15(10-8-14)26-18(23)21(2)3/h5-12,19H,4H2,1-3H3,(H,20,22). The van der Waals surface area contributed by atoms with E-state index in [0.29, 0.717) is 17.8 Å². The maximum Gasteiger partial charge on any atom is 0.285 e. The Kier molecular flexibility index (Phi) is 7.00. The Morgan fingerprint density at radius 2 is 1.59 bits per heavy atom. The summed E-state index contributed by atoms with van der Waals surface area (Å²) in [5.41, 5.74) is 0.915. The lowest BCUT2D eigenvalue weighted by molar-refractivity contribution is 0.102. The molecule has 0 bridgehead atoms. The molecule has 0 fully saturated rings. The van der Waals surface area contributed by atoms with Gasteiger partial charge < -0.3 is 10.2 Å². The van der Waals surface area contributed by atoms with E-state index in [0.717, 1.165) is 16.7 Å². The van der Waals surface area contributed by atoms with E-state index in [1.165, 1.54) is 29.2 Å². The lowest BCUT2D eigenvalue weighted by atomic mass is 10.2. The number of rotatable bonds is 6. The average molecular weight is 408 g/mol. The number of nitrogens with one attached hydrogen (secondary N) is 2. The van der Waals surface area contributed by atoms with Gasteiger partial charge in [0.25, 0.3) is 11.1 Å². The highest BCUT2D eigenvalue weighted by molar-refractivity contribution is 8.13. The Morgan fingerprint density at radius 3 is 2.11 bits per heavy atom. The van der Waals surface area contributed by atoms with Crippen molar-refractivity contribution in [1.82, 2.24) is 9.62 Å². The number of amides is 2. The molecular weight excluding hydrogens is 386 g/mol. The lowest BCUT2D eigenvalue weighted by Gasteiger charge is -2.10. The number of thioether (sulfide) groups is 1. The van der Waals surface area contributed by atoms with Gasteiger partial charge in [0.2, 0.25) is 10.0 Å². The molecule has 0 aromatic heterocycles. The van der Waals surface area contributed by atoms with E-state index in [2.05, 4.69) is 10.0 Å². The molecule has 0 aliphatic rings. The number of anilines is 1. The molecule has 0 atom stereocenters. The topological polar surface area (TPSA) is 95.6 Å². The Morgan fingerprint density at radius 1 is 1.00 bits per heavy atom. The highest BCUT2D eigenvalue weighted by Crippen LogP contribution is 2.22. The highest BCUT2D eigenvalue weighted by atomic mass is 32.2.